The molecule has 0 saturated carbocycles. The Morgan fingerprint density at radius 1 is 1.38 bits per heavy atom. The molecule has 0 bridgehead atoms. The van der Waals surface area contributed by atoms with E-state index < -0.39 is 18.0 Å². The number of methoxy groups -OCH3 is 1. The number of benzene rings is 1. The topological polar surface area (TPSA) is 96.9 Å². The molecule has 0 saturated heterocycles. The average molecular weight is 399 g/mol. The number of hydrogen-bond donors (Lipinski definition) is 3. The number of aromatic hydroxyl groups is 1. The van der Waals surface area contributed by atoms with Crippen molar-refractivity contribution in [3.63, 3.8) is 0 Å². The van der Waals surface area contributed by atoms with E-state index in [4.69, 9.17) is 9.47 Å². The highest BCUT2D eigenvalue weighted by Crippen LogP contribution is 2.40. The molecule has 8 heteroatoms. The van der Waals surface area contributed by atoms with Gasteiger partial charge in [-0.25, -0.2) is 9.59 Å². The number of nitrogens with one attached hydrogen (secondary N) is 2. The van der Waals surface area contributed by atoms with E-state index in [2.05, 4.69) is 26.6 Å². The van der Waals surface area contributed by atoms with Crippen molar-refractivity contribution in [1.82, 2.24) is 10.6 Å². The summed E-state index contributed by atoms with van der Waals surface area (Å²) in [5.74, 6) is -0.469. The summed E-state index contributed by atoms with van der Waals surface area (Å²) in [6.07, 6.45) is 0.434. The maximum atomic E-state index is 12.4. The minimum atomic E-state index is -0.848. The third-order valence-corrected chi connectivity index (χ3v) is 4.06. The molecule has 2 rings (SSSR count). The predicted molar refractivity (Wildman–Crippen MR) is 90.7 cm³/mol. The molecule has 0 spiro atoms. The number of phenols is 1. The molecule has 1 aliphatic heterocycles. The van der Waals surface area contributed by atoms with Crippen LogP contribution in [-0.2, 0) is 9.53 Å². The van der Waals surface area contributed by atoms with E-state index in [9.17, 15) is 14.7 Å². The van der Waals surface area contributed by atoms with Gasteiger partial charge >= 0.3 is 12.0 Å². The molecule has 130 valence electrons. The van der Waals surface area contributed by atoms with E-state index in [-0.39, 0.29) is 23.7 Å². The Bertz CT molecular complexity index is 702. The lowest BCUT2D eigenvalue weighted by Crippen LogP contribution is -2.45. The van der Waals surface area contributed by atoms with Crippen molar-refractivity contribution in [3.05, 3.63) is 33.4 Å². The summed E-state index contributed by atoms with van der Waals surface area (Å²) in [7, 11) is 1.42. The summed E-state index contributed by atoms with van der Waals surface area (Å²) in [5.41, 5.74) is 1.06. The molecule has 1 aliphatic rings. The highest BCUT2D eigenvalue weighted by Gasteiger charge is 2.35. The molecule has 1 atom stereocenters. The molecule has 1 aromatic carbocycles. The van der Waals surface area contributed by atoms with Gasteiger partial charge in [-0.1, -0.05) is 22.9 Å². The highest BCUT2D eigenvalue weighted by molar-refractivity contribution is 9.10. The smallest absolute Gasteiger partial charge is 0.338 e. The average Bonchev–Trinajstić information content (AvgIpc) is 2.55. The largest absolute Gasteiger partial charge is 0.504 e. The Hall–Kier alpha value is -2.22. The molecular weight excluding hydrogens is 380 g/mol. The molecule has 0 aliphatic carbocycles. The molecule has 7 nitrogen and oxygen atoms in total. The van der Waals surface area contributed by atoms with E-state index in [1.165, 1.54) is 7.11 Å². The Kier molecular flexibility index (Phi) is 5.71. The van der Waals surface area contributed by atoms with Crippen LogP contribution in [0.5, 0.6) is 11.5 Å². The molecule has 1 aromatic rings. The van der Waals surface area contributed by atoms with Crippen molar-refractivity contribution in [2.75, 3.05) is 13.7 Å². The zero-order valence-electron chi connectivity index (χ0n) is 13.6. The fourth-order valence-corrected chi connectivity index (χ4v) is 3.00. The van der Waals surface area contributed by atoms with Crippen LogP contribution < -0.4 is 15.4 Å². The Labute approximate surface area is 148 Å². The highest BCUT2D eigenvalue weighted by atomic mass is 79.9. The molecule has 1 heterocycles. The minimum absolute atomic E-state index is 0.148. The quantitative estimate of drug-likeness (QED) is 0.662. The third-order valence-electron chi connectivity index (χ3n) is 3.60. The lowest BCUT2D eigenvalue weighted by atomic mass is 9.93. The summed E-state index contributed by atoms with van der Waals surface area (Å²) >= 11 is 3.34. The van der Waals surface area contributed by atoms with Gasteiger partial charge in [0.25, 0.3) is 0 Å². The number of halogens is 1. The van der Waals surface area contributed by atoms with Crippen LogP contribution in [0.1, 0.15) is 31.9 Å². The second-order valence-electron chi connectivity index (χ2n) is 5.04. The van der Waals surface area contributed by atoms with Crippen molar-refractivity contribution in [3.8, 4) is 11.5 Å². The SMILES string of the molecule is CCOC(=O)C1=C(CC)NC(=O)NC1c1cc(Br)cc(OC)c1O. The van der Waals surface area contributed by atoms with Crippen molar-refractivity contribution in [1.29, 1.82) is 0 Å². The molecule has 2 amide bonds. The Balaban J connectivity index is 2.63. The number of esters is 1. The number of amides is 2. The van der Waals surface area contributed by atoms with Crippen LogP contribution in [0, 0.1) is 0 Å². The summed E-state index contributed by atoms with van der Waals surface area (Å²) < 4.78 is 10.9. The monoisotopic (exact) mass is 398 g/mol. The lowest BCUT2D eigenvalue weighted by molar-refractivity contribution is -0.139. The number of urea groups is 1. The molecule has 3 N–H and O–H groups in total. The van der Waals surface area contributed by atoms with Gasteiger partial charge in [-0.3, -0.25) is 0 Å². The van der Waals surface area contributed by atoms with Crippen LogP contribution in [-0.4, -0.2) is 30.8 Å². The van der Waals surface area contributed by atoms with Gasteiger partial charge in [0.1, 0.15) is 0 Å². The van der Waals surface area contributed by atoms with Crippen molar-refractivity contribution < 1.29 is 24.2 Å². The Morgan fingerprint density at radius 2 is 2.08 bits per heavy atom. The van der Waals surface area contributed by atoms with Crippen molar-refractivity contribution >= 4 is 27.9 Å². The van der Waals surface area contributed by atoms with Gasteiger partial charge in [-0.2, -0.15) is 0 Å². The molecule has 0 fully saturated rings. The second kappa shape index (κ2) is 7.57. The van der Waals surface area contributed by atoms with Crippen molar-refractivity contribution in [2.45, 2.75) is 26.3 Å². The predicted octanol–water partition coefficient (Wildman–Crippen LogP) is 2.74. The fourth-order valence-electron chi connectivity index (χ4n) is 2.55. The van der Waals surface area contributed by atoms with Crippen LogP contribution in [0.15, 0.2) is 27.9 Å². The maximum absolute atomic E-state index is 12.4. The van der Waals surface area contributed by atoms with Crippen LogP contribution in [0.2, 0.25) is 0 Å². The zero-order valence-corrected chi connectivity index (χ0v) is 15.2. The molecule has 0 radical (unpaired) electrons. The van der Waals surface area contributed by atoms with Gasteiger partial charge in [0.05, 0.1) is 25.3 Å². The maximum Gasteiger partial charge on any atom is 0.338 e. The standard InChI is InChI=1S/C16H19BrN2O5/c1-4-10-12(15(21)24-5-2)13(19-16(22)18-10)9-6-8(17)7-11(23-3)14(9)20/h6-7,13,20H,4-5H2,1-3H3,(H2,18,19,22). The number of hydrogen-bond acceptors (Lipinski definition) is 5. The number of carbonyl (C=O) groups is 2. The first-order chi connectivity index (χ1) is 11.4. The molecule has 1 unspecified atom stereocenters. The van der Waals surface area contributed by atoms with Crippen molar-refractivity contribution in [2.24, 2.45) is 0 Å². The van der Waals surface area contributed by atoms with E-state index in [0.717, 1.165) is 0 Å². The third kappa shape index (κ3) is 3.48. The Morgan fingerprint density at radius 3 is 2.67 bits per heavy atom. The first-order valence-corrected chi connectivity index (χ1v) is 8.26. The van der Waals surface area contributed by atoms with Crippen LogP contribution >= 0.6 is 15.9 Å². The fraction of sp³-hybridized carbons (Fsp3) is 0.375. The van der Waals surface area contributed by atoms with Gasteiger partial charge in [-0.05, 0) is 25.5 Å². The van der Waals surface area contributed by atoms with Gasteiger partial charge in [0, 0.05) is 15.7 Å². The number of allylic oxidation sites excluding steroid dienone is 1. The van der Waals surface area contributed by atoms with Gasteiger partial charge in [-0.15, -0.1) is 0 Å². The van der Waals surface area contributed by atoms with Crippen LogP contribution in [0.25, 0.3) is 0 Å². The van der Waals surface area contributed by atoms with Gasteiger partial charge in [0.2, 0.25) is 0 Å². The second-order valence-corrected chi connectivity index (χ2v) is 5.96. The van der Waals surface area contributed by atoms with E-state index in [1.807, 2.05) is 6.92 Å². The zero-order chi connectivity index (χ0) is 17.9. The van der Waals surface area contributed by atoms with E-state index in [0.29, 0.717) is 22.2 Å². The summed E-state index contributed by atoms with van der Waals surface area (Å²) in [6.45, 7) is 3.72. The van der Waals surface area contributed by atoms with Crippen LogP contribution in [0.3, 0.4) is 0 Å². The lowest BCUT2D eigenvalue weighted by Gasteiger charge is -2.29. The van der Waals surface area contributed by atoms with Crippen LogP contribution in [0.4, 0.5) is 4.79 Å². The number of rotatable bonds is 5. The molecule has 0 aromatic heterocycles. The summed E-state index contributed by atoms with van der Waals surface area (Å²) in [6, 6.07) is 1.92. The number of phenolic OH excluding ortho intramolecular Hbond substituents is 1. The van der Waals surface area contributed by atoms with E-state index >= 15 is 0 Å². The molecular formula is C16H19BrN2O5. The number of ether oxygens (including phenoxy) is 2. The minimum Gasteiger partial charge on any atom is -0.504 e. The summed E-state index contributed by atoms with van der Waals surface area (Å²) in [4.78, 5) is 24.4. The normalized spacial score (nSPS) is 17.2. The first-order valence-electron chi connectivity index (χ1n) is 7.46. The summed E-state index contributed by atoms with van der Waals surface area (Å²) in [5, 5.41) is 15.7. The molecule has 24 heavy (non-hydrogen) atoms. The van der Waals surface area contributed by atoms with Gasteiger partial charge < -0.3 is 25.2 Å². The first kappa shape index (κ1) is 18.1. The van der Waals surface area contributed by atoms with Gasteiger partial charge in [0.15, 0.2) is 11.5 Å². The number of carbonyl (C=O) groups excluding carboxylic acids is 2. The van der Waals surface area contributed by atoms with E-state index in [1.54, 1.807) is 19.1 Å².